The molecule has 0 spiro atoms. The Kier molecular flexibility index (Phi) is 2.26. The molecular weight excluding hydrogens is 174 g/mol. The molecule has 0 heterocycles. The Bertz CT molecular complexity index is 363. The van der Waals surface area contributed by atoms with Gasteiger partial charge in [-0.05, 0) is 36.0 Å². The molecule has 2 nitrogen and oxygen atoms in total. The fraction of sp³-hybridized carbons (Fsp3) is 0.417. The van der Waals surface area contributed by atoms with Gasteiger partial charge in [-0.25, -0.2) is 0 Å². The van der Waals surface area contributed by atoms with Crippen LogP contribution < -0.4 is 0 Å². The van der Waals surface area contributed by atoms with Gasteiger partial charge in [-0.1, -0.05) is 19.1 Å². The highest BCUT2D eigenvalue weighted by atomic mass is 16.3. The molecule has 14 heavy (non-hydrogen) atoms. The molecular formula is C12H13NO. The van der Waals surface area contributed by atoms with E-state index in [0.717, 1.165) is 6.42 Å². The molecule has 2 rings (SSSR count). The van der Waals surface area contributed by atoms with Crippen LogP contribution in [0.3, 0.4) is 0 Å². The number of aliphatic hydroxyl groups excluding tert-OH is 1. The van der Waals surface area contributed by atoms with Crippen molar-refractivity contribution in [1.29, 1.82) is 5.26 Å². The lowest BCUT2D eigenvalue weighted by molar-refractivity contribution is 0.0117. The molecule has 0 aromatic heterocycles. The molecule has 1 N–H and O–H groups in total. The molecule has 1 aromatic carbocycles. The van der Waals surface area contributed by atoms with Crippen LogP contribution in [0.5, 0.6) is 0 Å². The molecule has 1 aliphatic rings. The first-order valence-corrected chi connectivity index (χ1v) is 4.90. The molecule has 3 unspecified atom stereocenters. The van der Waals surface area contributed by atoms with Gasteiger partial charge >= 0.3 is 0 Å². The maximum absolute atomic E-state index is 9.40. The summed E-state index contributed by atoms with van der Waals surface area (Å²) in [6, 6.07) is 9.76. The zero-order chi connectivity index (χ0) is 10.1. The molecule has 0 saturated heterocycles. The highest BCUT2D eigenvalue weighted by molar-refractivity contribution is 5.34. The lowest BCUT2D eigenvalue weighted by atomic mass is 9.69. The van der Waals surface area contributed by atoms with Crippen molar-refractivity contribution < 1.29 is 5.11 Å². The first kappa shape index (κ1) is 9.23. The van der Waals surface area contributed by atoms with Gasteiger partial charge in [0.05, 0.1) is 17.7 Å². The number of aliphatic hydroxyl groups is 1. The Morgan fingerprint density at radius 1 is 1.36 bits per heavy atom. The third kappa shape index (κ3) is 1.40. The summed E-state index contributed by atoms with van der Waals surface area (Å²) in [6.45, 7) is 2.07. The van der Waals surface area contributed by atoms with Gasteiger partial charge in [0.1, 0.15) is 0 Å². The van der Waals surface area contributed by atoms with Crippen LogP contribution in [0.25, 0.3) is 0 Å². The lowest BCUT2D eigenvalue weighted by Crippen LogP contribution is -2.37. The van der Waals surface area contributed by atoms with Gasteiger partial charge in [-0.2, -0.15) is 5.26 Å². The highest BCUT2D eigenvalue weighted by Crippen LogP contribution is 2.42. The van der Waals surface area contributed by atoms with Crippen molar-refractivity contribution in [3.8, 4) is 6.07 Å². The van der Waals surface area contributed by atoms with Crippen LogP contribution in [-0.2, 0) is 0 Å². The van der Waals surface area contributed by atoms with Crippen LogP contribution in [0.15, 0.2) is 24.3 Å². The van der Waals surface area contributed by atoms with Crippen molar-refractivity contribution in [2.45, 2.75) is 25.4 Å². The Balaban J connectivity index is 2.15. The van der Waals surface area contributed by atoms with Crippen molar-refractivity contribution in [3.05, 3.63) is 35.4 Å². The minimum absolute atomic E-state index is 0.143. The summed E-state index contributed by atoms with van der Waals surface area (Å²) in [6.07, 6.45) is 0.711. The van der Waals surface area contributed by atoms with Crippen molar-refractivity contribution >= 4 is 0 Å². The zero-order valence-electron chi connectivity index (χ0n) is 8.14. The molecule has 2 heteroatoms. The standard InChI is InChI=1S/C12H13NO/c1-8-11(6-12(8)14)10-4-2-9(7-13)3-5-10/h2-5,8,11-12,14H,6H2,1H3. The normalized spacial score (nSPS) is 30.5. The van der Waals surface area contributed by atoms with Gasteiger partial charge in [0.15, 0.2) is 0 Å². The maximum atomic E-state index is 9.40. The average molecular weight is 187 g/mol. The second kappa shape index (κ2) is 3.43. The van der Waals surface area contributed by atoms with Crippen molar-refractivity contribution in [1.82, 2.24) is 0 Å². The fourth-order valence-electron chi connectivity index (χ4n) is 2.01. The summed E-state index contributed by atoms with van der Waals surface area (Å²) in [4.78, 5) is 0. The van der Waals surface area contributed by atoms with E-state index in [1.54, 1.807) is 0 Å². The van der Waals surface area contributed by atoms with Gasteiger partial charge in [0, 0.05) is 0 Å². The topological polar surface area (TPSA) is 44.0 Å². The van der Waals surface area contributed by atoms with E-state index in [1.807, 2.05) is 24.3 Å². The third-order valence-corrected chi connectivity index (χ3v) is 3.20. The molecule has 0 amide bonds. The molecule has 1 fully saturated rings. The number of hydrogen-bond donors (Lipinski definition) is 1. The van der Waals surface area contributed by atoms with Crippen molar-refractivity contribution in [3.63, 3.8) is 0 Å². The van der Waals surface area contributed by atoms with E-state index < -0.39 is 0 Å². The smallest absolute Gasteiger partial charge is 0.0991 e. The summed E-state index contributed by atoms with van der Waals surface area (Å²) in [5, 5.41) is 18.0. The molecule has 1 aliphatic carbocycles. The molecule has 1 aromatic rings. The predicted octanol–water partition coefficient (Wildman–Crippen LogP) is 2.04. The Hall–Kier alpha value is -1.33. The van der Waals surface area contributed by atoms with Crippen LogP contribution >= 0.6 is 0 Å². The molecule has 3 atom stereocenters. The second-order valence-corrected chi connectivity index (χ2v) is 4.00. The van der Waals surface area contributed by atoms with Crippen molar-refractivity contribution in [2.75, 3.05) is 0 Å². The monoisotopic (exact) mass is 187 g/mol. The Morgan fingerprint density at radius 2 is 2.00 bits per heavy atom. The minimum atomic E-state index is -0.143. The molecule has 0 aliphatic heterocycles. The number of hydrogen-bond acceptors (Lipinski definition) is 2. The number of benzene rings is 1. The van der Waals surface area contributed by atoms with E-state index in [-0.39, 0.29) is 6.10 Å². The van der Waals surface area contributed by atoms with Gasteiger partial charge < -0.3 is 5.11 Å². The van der Waals surface area contributed by atoms with E-state index in [0.29, 0.717) is 17.4 Å². The zero-order valence-corrected chi connectivity index (χ0v) is 8.14. The van der Waals surface area contributed by atoms with E-state index >= 15 is 0 Å². The molecule has 0 radical (unpaired) electrons. The van der Waals surface area contributed by atoms with E-state index in [9.17, 15) is 5.11 Å². The van der Waals surface area contributed by atoms with E-state index in [1.165, 1.54) is 5.56 Å². The summed E-state index contributed by atoms with van der Waals surface area (Å²) < 4.78 is 0. The van der Waals surface area contributed by atoms with Gasteiger partial charge in [-0.15, -0.1) is 0 Å². The number of nitrogens with zero attached hydrogens (tertiary/aromatic N) is 1. The summed E-state index contributed by atoms with van der Waals surface area (Å²) in [7, 11) is 0. The number of nitriles is 1. The summed E-state index contributed by atoms with van der Waals surface area (Å²) in [5.41, 5.74) is 1.93. The van der Waals surface area contributed by atoms with Crippen molar-refractivity contribution in [2.24, 2.45) is 5.92 Å². The second-order valence-electron chi connectivity index (χ2n) is 4.00. The Morgan fingerprint density at radius 3 is 2.43 bits per heavy atom. The van der Waals surface area contributed by atoms with Crippen LogP contribution in [0.2, 0.25) is 0 Å². The quantitative estimate of drug-likeness (QED) is 0.731. The number of rotatable bonds is 1. The van der Waals surface area contributed by atoms with Crippen LogP contribution in [0.1, 0.15) is 30.4 Å². The van der Waals surface area contributed by atoms with Crippen LogP contribution in [-0.4, -0.2) is 11.2 Å². The first-order chi connectivity index (χ1) is 6.72. The van der Waals surface area contributed by atoms with Gasteiger partial charge in [0.2, 0.25) is 0 Å². The summed E-state index contributed by atoms with van der Waals surface area (Å²) >= 11 is 0. The van der Waals surface area contributed by atoms with Gasteiger partial charge in [-0.3, -0.25) is 0 Å². The van der Waals surface area contributed by atoms with Crippen LogP contribution in [0, 0.1) is 17.2 Å². The lowest BCUT2D eigenvalue weighted by Gasteiger charge is -2.39. The van der Waals surface area contributed by atoms with Crippen LogP contribution in [0.4, 0.5) is 0 Å². The molecule has 72 valence electrons. The SMILES string of the molecule is CC1C(O)CC1c1ccc(C#N)cc1. The molecule has 1 saturated carbocycles. The van der Waals surface area contributed by atoms with E-state index in [4.69, 9.17) is 5.26 Å². The third-order valence-electron chi connectivity index (χ3n) is 3.20. The Labute approximate surface area is 83.8 Å². The minimum Gasteiger partial charge on any atom is -0.393 e. The summed E-state index contributed by atoms with van der Waals surface area (Å²) in [5.74, 6) is 0.820. The van der Waals surface area contributed by atoms with E-state index in [2.05, 4.69) is 13.0 Å². The average Bonchev–Trinajstić information content (AvgIpc) is 2.25. The van der Waals surface area contributed by atoms with Gasteiger partial charge in [0.25, 0.3) is 0 Å². The first-order valence-electron chi connectivity index (χ1n) is 4.90. The fourth-order valence-corrected chi connectivity index (χ4v) is 2.01. The maximum Gasteiger partial charge on any atom is 0.0991 e. The predicted molar refractivity (Wildman–Crippen MR) is 53.7 cm³/mol. The largest absolute Gasteiger partial charge is 0.393 e. The highest BCUT2D eigenvalue weighted by Gasteiger charge is 2.36. The molecule has 0 bridgehead atoms.